The van der Waals surface area contributed by atoms with Crippen LogP contribution in [0, 0.1) is 17.6 Å². The van der Waals surface area contributed by atoms with Gasteiger partial charge in [0.25, 0.3) is 5.91 Å². The molecule has 1 aliphatic rings. The average Bonchev–Trinajstić information content (AvgIpc) is 2.42. The van der Waals surface area contributed by atoms with Gasteiger partial charge in [0.2, 0.25) is 0 Å². The maximum atomic E-state index is 13.3. The minimum absolute atomic E-state index is 0.0850. The van der Waals surface area contributed by atoms with Gasteiger partial charge in [-0.1, -0.05) is 13.8 Å². The molecule has 1 aromatic rings. The molecular formula is C16H22F2N2O. The maximum absolute atomic E-state index is 13.3. The van der Waals surface area contributed by atoms with Crippen molar-refractivity contribution < 1.29 is 13.6 Å². The molecule has 116 valence electrons. The van der Waals surface area contributed by atoms with Crippen LogP contribution in [0.1, 0.15) is 37.6 Å². The number of hydrogen-bond acceptors (Lipinski definition) is 2. The van der Waals surface area contributed by atoms with Gasteiger partial charge in [-0.2, -0.15) is 0 Å². The van der Waals surface area contributed by atoms with E-state index in [-0.39, 0.29) is 23.6 Å². The Bertz CT molecular complexity index is 519. The summed E-state index contributed by atoms with van der Waals surface area (Å²) < 4.78 is 26.3. The molecule has 0 bridgehead atoms. The van der Waals surface area contributed by atoms with E-state index in [1.54, 1.807) is 4.90 Å². The molecular weight excluding hydrogens is 274 g/mol. The summed E-state index contributed by atoms with van der Waals surface area (Å²) in [6.45, 7) is 7.54. The van der Waals surface area contributed by atoms with Gasteiger partial charge in [-0.25, -0.2) is 8.78 Å². The van der Waals surface area contributed by atoms with Crippen molar-refractivity contribution in [3.05, 3.63) is 35.4 Å². The third-order valence-electron chi connectivity index (χ3n) is 3.78. The molecule has 1 N–H and O–H groups in total. The van der Waals surface area contributed by atoms with Gasteiger partial charge in [0, 0.05) is 30.7 Å². The van der Waals surface area contributed by atoms with Gasteiger partial charge in [-0.3, -0.25) is 4.79 Å². The zero-order chi connectivity index (χ0) is 15.6. The molecule has 1 amide bonds. The molecule has 0 aromatic heterocycles. The summed E-state index contributed by atoms with van der Waals surface area (Å²) in [5.74, 6) is -1.68. The van der Waals surface area contributed by atoms with Gasteiger partial charge in [-0.05, 0) is 37.5 Å². The molecule has 0 saturated carbocycles. The number of halogens is 2. The zero-order valence-corrected chi connectivity index (χ0v) is 12.7. The van der Waals surface area contributed by atoms with Crippen LogP contribution < -0.4 is 5.32 Å². The number of nitrogens with zero attached hydrogens (tertiary/aromatic N) is 1. The standard InChI is InChI=1S/C16H22F2N2O/c1-10(2)6-13-8-19-11(3)9-20(13)16(21)12-4-5-14(17)15(18)7-12/h4-5,7,10-11,13,19H,6,8-9H2,1-3H3. The number of carbonyl (C=O) groups is 1. The molecule has 3 nitrogen and oxygen atoms in total. The highest BCUT2D eigenvalue weighted by Crippen LogP contribution is 2.19. The van der Waals surface area contributed by atoms with Crippen molar-refractivity contribution in [2.75, 3.05) is 13.1 Å². The van der Waals surface area contributed by atoms with Gasteiger partial charge in [0.15, 0.2) is 11.6 Å². The molecule has 2 rings (SSSR count). The second kappa shape index (κ2) is 6.52. The fourth-order valence-corrected chi connectivity index (χ4v) is 2.75. The van der Waals surface area contributed by atoms with Gasteiger partial charge >= 0.3 is 0 Å². The number of nitrogens with one attached hydrogen (secondary N) is 1. The minimum atomic E-state index is -0.982. The first-order chi connectivity index (χ1) is 9.88. The zero-order valence-electron chi connectivity index (χ0n) is 12.7. The highest BCUT2D eigenvalue weighted by atomic mass is 19.2. The van der Waals surface area contributed by atoms with Crippen LogP contribution in [0.5, 0.6) is 0 Å². The van der Waals surface area contributed by atoms with Crippen LogP contribution in [0.4, 0.5) is 8.78 Å². The van der Waals surface area contributed by atoms with E-state index in [1.165, 1.54) is 6.07 Å². The quantitative estimate of drug-likeness (QED) is 0.930. The monoisotopic (exact) mass is 296 g/mol. The van der Waals surface area contributed by atoms with Crippen LogP contribution in [0.2, 0.25) is 0 Å². The van der Waals surface area contributed by atoms with Crippen LogP contribution in [-0.4, -0.2) is 36.0 Å². The second-order valence-electron chi connectivity index (χ2n) is 6.18. The smallest absolute Gasteiger partial charge is 0.254 e. The van der Waals surface area contributed by atoms with Gasteiger partial charge < -0.3 is 10.2 Å². The minimum Gasteiger partial charge on any atom is -0.333 e. The fourth-order valence-electron chi connectivity index (χ4n) is 2.75. The van der Waals surface area contributed by atoms with Crippen LogP contribution >= 0.6 is 0 Å². The highest BCUT2D eigenvalue weighted by molar-refractivity contribution is 5.94. The Balaban J connectivity index is 2.22. The summed E-state index contributed by atoms with van der Waals surface area (Å²) in [7, 11) is 0. The van der Waals surface area contributed by atoms with Crippen molar-refractivity contribution in [3.8, 4) is 0 Å². The van der Waals surface area contributed by atoms with Gasteiger partial charge in [0.1, 0.15) is 0 Å². The third kappa shape index (κ3) is 3.79. The number of piperazine rings is 1. The lowest BCUT2D eigenvalue weighted by atomic mass is 9.98. The molecule has 1 aromatic carbocycles. The van der Waals surface area contributed by atoms with Crippen molar-refractivity contribution in [1.82, 2.24) is 10.2 Å². The first kappa shape index (κ1) is 15.9. The van der Waals surface area contributed by atoms with E-state index < -0.39 is 11.6 Å². The Kier molecular flexibility index (Phi) is 4.93. The van der Waals surface area contributed by atoms with E-state index in [2.05, 4.69) is 19.2 Å². The Hall–Kier alpha value is -1.49. The number of carbonyl (C=O) groups excluding carboxylic acids is 1. The molecule has 1 aliphatic heterocycles. The van der Waals surface area contributed by atoms with E-state index in [9.17, 15) is 13.6 Å². The Labute approximate surface area is 124 Å². The lowest BCUT2D eigenvalue weighted by Crippen LogP contribution is -2.57. The Morgan fingerprint density at radius 2 is 2.10 bits per heavy atom. The predicted octanol–water partition coefficient (Wildman–Crippen LogP) is 2.81. The Morgan fingerprint density at radius 3 is 2.71 bits per heavy atom. The molecule has 1 heterocycles. The van der Waals surface area contributed by atoms with Gasteiger partial charge in [-0.15, -0.1) is 0 Å². The van der Waals surface area contributed by atoms with Crippen LogP contribution in [0.3, 0.4) is 0 Å². The van der Waals surface area contributed by atoms with Crippen molar-refractivity contribution >= 4 is 5.91 Å². The van der Waals surface area contributed by atoms with Crippen LogP contribution in [0.15, 0.2) is 18.2 Å². The second-order valence-corrected chi connectivity index (χ2v) is 6.18. The highest BCUT2D eigenvalue weighted by Gasteiger charge is 2.30. The molecule has 0 spiro atoms. The van der Waals surface area contributed by atoms with Crippen molar-refractivity contribution in [1.29, 1.82) is 0 Å². The molecule has 1 saturated heterocycles. The van der Waals surface area contributed by atoms with E-state index >= 15 is 0 Å². The SMILES string of the molecule is CC(C)CC1CNC(C)CN1C(=O)c1ccc(F)c(F)c1. The Morgan fingerprint density at radius 1 is 1.38 bits per heavy atom. The predicted molar refractivity (Wildman–Crippen MR) is 78.1 cm³/mol. The summed E-state index contributed by atoms with van der Waals surface area (Å²) >= 11 is 0. The van der Waals surface area contributed by atoms with Crippen molar-refractivity contribution in [2.24, 2.45) is 5.92 Å². The van der Waals surface area contributed by atoms with E-state index in [0.29, 0.717) is 12.5 Å². The summed E-state index contributed by atoms with van der Waals surface area (Å²) in [6.07, 6.45) is 0.884. The average molecular weight is 296 g/mol. The van der Waals surface area contributed by atoms with E-state index in [0.717, 1.165) is 25.1 Å². The topological polar surface area (TPSA) is 32.3 Å². The molecule has 0 aliphatic carbocycles. The largest absolute Gasteiger partial charge is 0.333 e. The lowest BCUT2D eigenvalue weighted by Gasteiger charge is -2.40. The maximum Gasteiger partial charge on any atom is 0.254 e. The normalized spacial score (nSPS) is 22.7. The summed E-state index contributed by atoms with van der Waals surface area (Å²) in [6, 6.07) is 3.62. The van der Waals surface area contributed by atoms with E-state index in [1.807, 2.05) is 6.92 Å². The first-order valence-corrected chi connectivity index (χ1v) is 7.38. The molecule has 2 atom stereocenters. The molecule has 2 unspecified atom stereocenters. The van der Waals surface area contributed by atoms with Crippen molar-refractivity contribution in [3.63, 3.8) is 0 Å². The lowest BCUT2D eigenvalue weighted by molar-refractivity contribution is 0.0563. The molecule has 21 heavy (non-hydrogen) atoms. The number of hydrogen-bond donors (Lipinski definition) is 1. The number of amides is 1. The van der Waals surface area contributed by atoms with Crippen LogP contribution in [-0.2, 0) is 0 Å². The summed E-state index contributed by atoms with van der Waals surface area (Å²) in [5.41, 5.74) is 0.205. The first-order valence-electron chi connectivity index (χ1n) is 7.38. The number of rotatable bonds is 3. The summed E-state index contributed by atoms with van der Waals surface area (Å²) in [5, 5.41) is 3.37. The third-order valence-corrected chi connectivity index (χ3v) is 3.78. The van der Waals surface area contributed by atoms with E-state index in [4.69, 9.17) is 0 Å². The molecule has 0 radical (unpaired) electrons. The fraction of sp³-hybridized carbons (Fsp3) is 0.562. The molecule has 1 fully saturated rings. The van der Waals surface area contributed by atoms with Crippen molar-refractivity contribution in [2.45, 2.75) is 39.3 Å². The summed E-state index contributed by atoms with van der Waals surface area (Å²) in [4.78, 5) is 14.4. The number of benzene rings is 1. The van der Waals surface area contributed by atoms with Gasteiger partial charge in [0.05, 0.1) is 0 Å². The van der Waals surface area contributed by atoms with Crippen LogP contribution in [0.25, 0.3) is 0 Å². The molecule has 5 heteroatoms.